The zero-order chi connectivity index (χ0) is 8.69. The van der Waals surface area contributed by atoms with Gasteiger partial charge in [-0.15, -0.1) is 0 Å². The molecule has 0 aliphatic carbocycles. The number of amides is 1. The molecule has 0 aromatic rings. The summed E-state index contributed by atoms with van der Waals surface area (Å²) in [4.78, 5) is 11.0. The first kappa shape index (κ1) is 10.4. The Morgan fingerprint density at radius 3 is 2.09 bits per heavy atom. The Morgan fingerprint density at radius 2 is 1.82 bits per heavy atom. The molecule has 0 aliphatic heterocycles. The van der Waals surface area contributed by atoms with Crippen LogP contribution in [0.1, 0.15) is 12.8 Å². The molecule has 0 spiro atoms. The number of carbonyl (C=O) groups excluding carboxylic acids is 1. The van der Waals surface area contributed by atoms with E-state index in [2.05, 4.69) is 5.32 Å². The van der Waals surface area contributed by atoms with Gasteiger partial charge in [0.1, 0.15) is 0 Å². The highest BCUT2D eigenvalue weighted by Gasteiger charge is 2.14. The number of carbonyl (C=O) groups is 1. The highest BCUT2D eigenvalue weighted by Crippen LogP contribution is 2.06. The molecular weight excluding hydrogens is 146 g/mol. The van der Waals surface area contributed by atoms with Crippen molar-refractivity contribution in [3.63, 3.8) is 0 Å². The topological polar surface area (TPSA) is 69.6 Å². The van der Waals surface area contributed by atoms with Crippen molar-refractivity contribution >= 4 is 5.91 Å². The minimum absolute atomic E-state index is 0.0158. The van der Waals surface area contributed by atoms with Gasteiger partial charge in [-0.05, 0) is 12.8 Å². The van der Waals surface area contributed by atoms with Gasteiger partial charge in [0.15, 0.2) is 0 Å². The van der Waals surface area contributed by atoms with E-state index in [4.69, 9.17) is 10.2 Å². The lowest BCUT2D eigenvalue weighted by Crippen LogP contribution is -2.28. The van der Waals surface area contributed by atoms with Crippen LogP contribution in [-0.2, 0) is 4.79 Å². The van der Waals surface area contributed by atoms with Gasteiger partial charge in [-0.3, -0.25) is 4.79 Å². The minimum Gasteiger partial charge on any atom is -0.396 e. The van der Waals surface area contributed by atoms with E-state index in [1.807, 2.05) is 0 Å². The Kier molecular flexibility index (Phi) is 5.78. The summed E-state index contributed by atoms with van der Waals surface area (Å²) in [5.74, 6) is -0.372. The summed E-state index contributed by atoms with van der Waals surface area (Å²) in [5.41, 5.74) is 0. The normalized spacial score (nSPS) is 10.2. The third-order valence-corrected chi connectivity index (χ3v) is 1.57. The summed E-state index contributed by atoms with van der Waals surface area (Å²) >= 11 is 0. The third-order valence-electron chi connectivity index (χ3n) is 1.57. The van der Waals surface area contributed by atoms with Crippen molar-refractivity contribution in [1.82, 2.24) is 5.32 Å². The second kappa shape index (κ2) is 6.12. The molecule has 3 N–H and O–H groups in total. The number of hydrogen-bond acceptors (Lipinski definition) is 3. The molecule has 1 amide bonds. The van der Waals surface area contributed by atoms with Crippen LogP contribution in [0.4, 0.5) is 0 Å². The Morgan fingerprint density at radius 1 is 1.36 bits per heavy atom. The van der Waals surface area contributed by atoms with Gasteiger partial charge in [0.05, 0.1) is 0 Å². The second-order valence-electron chi connectivity index (χ2n) is 2.34. The van der Waals surface area contributed by atoms with Crippen LogP contribution < -0.4 is 5.32 Å². The molecular formula is C7H15NO3. The van der Waals surface area contributed by atoms with Gasteiger partial charge in [0.25, 0.3) is 0 Å². The van der Waals surface area contributed by atoms with E-state index < -0.39 is 0 Å². The van der Waals surface area contributed by atoms with Crippen LogP contribution in [-0.4, -0.2) is 36.4 Å². The first-order chi connectivity index (χ1) is 5.26. The first-order valence-corrected chi connectivity index (χ1v) is 3.69. The smallest absolute Gasteiger partial charge is 0.223 e. The third kappa shape index (κ3) is 3.95. The maximum Gasteiger partial charge on any atom is 0.223 e. The van der Waals surface area contributed by atoms with Crippen LogP contribution in [0.25, 0.3) is 0 Å². The van der Waals surface area contributed by atoms with Crippen molar-refractivity contribution in [2.24, 2.45) is 5.92 Å². The van der Waals surface area contributed by atoms with Gasteiger partial charge >= 0.3 is 0 Å². The van der Waals surface area contributed by atoms with Gasteiger partial charge in [-0.2, -0.15) is 0 Å². The molecule has 0 heterocycles. The zero-order valence-corrected chi connectivity index (χ0v) is 6.71. The van der Waals surface area contributed by atoms with Crippen molar-refractivity contribution in [2.45, 2.75) is 12.8 Å². The largest absolute Gasteiger partial charge is 0.396 e. The lowest BCUT2D eigenvalue weighted by Gasteiger charge is -2.11. The van der Waals surface area contributed by atoms with Crippen molar-refractivity contribution in [3.05, 3.63) is 0 Å². The SMILES string of the molecule is CNC(=O)C(CCO)CCO. The summed E-state index contributed by atoms with van der Waals surface area (Å²) in [6.07, 6.45) is 0.834. The summed E-state index contributed by atoms with van der Waals surface area (Å²) in [5, 5.41) is 19.6. The van der Waals surface area contributed by atoms with Crippen LogP contribution in [0.3, 0.4) is 0 Å². The second-order valence-corrected chi connectivity index (χ2v) is 2.34. The quantitative estimate of drug-likeness (QED) is 0.490. The predicted octanol–water partition coefficient (Wildman–Crippen LogP) is -0.887. The average Bonchev–Trinajstić information content (AvgIpc) is 2.03. The number of hydrogen-bond donors (Lipinski definition) is 3. The van der Waals surface area contributed by atoms with Crippen molar-refractivity contribution in [1.29, 1.82) is 0 Å². The molecule has 0 radical (unpaired) electrons. The van der Waals surface area contributed by atoms with E-state index in [0.29, 0.717) is 12.8 Å². The average molecular weight is 161 g/mol. The number of nitrogens with one attached hydrogen (secondary N) is 1. The Hall–Kier alpha value is -0.610. The summed E-state index contributed by atoms with van der Waals surface area (Å²) in [7, 11) is 1.55. The molecule has 4 nitrogen and oxygen atoms in total. The fourth-order valence-electron chi connectivity index (χ4n) is 0.922. The maximum atomic E-state index is 11.0. The molecule has 0 aromatic heterocycles. The monoisotopic (exact) mass is 161 g/mol. The fraction of sp³-hybridized carbons (Fsp3) is 0.857. The van der Waals surface area contributed by atoms with Crippen LogP contribution in [0.2, 0.25) is 0 Å². The van der Waals surface area contributed by atoms with Crippen LogP contribution >= 0.6 is 0 Å². The van der Waals surface area contributed by atoms with Crippen LogP contribution in [0, 0.1) is 5.92 Å². The Balaban J connectivity index is 3.76. The van der Waals surface area contributed by atoms with E-state index in [1.54, 1.807) is 7.05 Å². The molecule has 0 aromatic carbocycles. The zero-order valence-electron chi connectivity index (χ0n) is 6.71. The highest BCUT2D eigenvalue weighted by atomic mass is 16.3. The van der Waals surface area contributed by atoms with E-state index in [-0.39, 0.29) is 25.0 Å². The predicted molar refractivity (Wildman–Crippen MR) is 41.0 cm³/mol. The molecule has 66 valence electrons. The van der Waals surface area contributed by atoms with Gasteiger partial charge in [0, 0.05) is 26.2 Å². The standard InChI is InChI=1S/C7H15NO3/c1-8-7(11)6(2-4-9)3-5-10/h6,9-10H,2-5H2,1H3,(H,8,11). The Bertz CT molecular complexity index is 110. The van der Waals surface area contributed by atoms with Gasteiger partial charge < -0.3 is 15.5 Å². The van der Waals surface area contributed by atoms with Gasteiger partial charge in [-0.1, -0.05) is 0 Å². The summed E-state index contributed by atoms with van der Waals surface area (Å²) < 4.78 is 0. The lowest BCUT2D eigenvalue weighted by atomic mass is 10.0. The first-order valence-electron chi connectivity index (χ1n) is 3.69. The molecule has 0 saturated heterocycles. The van der Waals surface area contributed by atoms with Gasteiger partial charge in [0.2, 0.25) is 5.91 Å². The highest BCUT2D eigenvalue weighted by molar-refractivity contribution is 5.78. The molecule has 0 saturated carbocycles. The molecule has 0 bridgehead atoms. The maximum absolute atomic E-state index is 11.0. The number of aliphatic hydroxyl groups is 2. The van der Waals surface area contributed by atoms with E-state index >= 15 is 0 Å². The summed E-state index contributed by atoms with van der Waals surface area (Å²) in [6.45, 7) is -0.0316. The van der Waals surface area contributed by atoms with E-state index in [0.717, 1.165) is 0 Å². The van der Waals surface area contributed by atoms with Gasteiger partial charge in [-0.25, -0.2) is 0 Å². The van der Waals surface area contributed by atoms with Crippen LogP contribution in [0.15, 0.2) is 0 Å². The van der Waals surface area contributed by atoms with E-state index in [1.165, 1.54) is 0 Å². The van der Waals surface area contributed by atoms with Crippen LogP contribution in [0.5, 0.6) is 0 Å². The number of rotatable bonds is 5. The Labute approximate surface area is 66.2 Å². The number of aliphatic hydroxyl groups excluding tert-OH is 2. The minimum atomic E-state index is -0.255. The van der Waals surface area contributed by atoms with E-state index in [9.17, 15) is 4.79 Å². The molecule has 0 fully saturated rings. The molecule has 11 heavy (non-hydrogen) atoms. The lowest BCUT2D eigenvalue weighted by molar-refractivity contribution is -0.125. The fourth-order valence-corrected chi connectivity index (χ4v) is 0.922. The molecule has 0 rings (SSSR count). The summed E-state index contributed by atoms with van der Waals surface area (Å²) in [6, 6.07) is 0. The molecule has 4 heteroatoms. The molecule has 0 unspecified atom stereocenters. The molecule has 0 aliphatic rings. The molecule has 0 atom stereocenters. The van der Waals surface area contributed by atoms with Crippen molar-refractivity contribution in [2.75, 3.05) is 20.3 Å². The van der Waals surface area contributed by atoms with Crippen molar-refractivity contribution in [3.8, 4) is 0 Å². The van der Waals surface area contributed by atoms with Crippen molar-refractivity contribution < 1.29 is 15.0 Å².